The number of anilines is 1. The summed E-state index contributed by atoms with van der Waals surface area (Å²) in [4.78, 5) is 28.1. The minimum Gasteiger partial charge on any atom is -0.481 e. The van der Waals surface area contributed by atoms with Crippen molar-refractivity contribution < 1.29 is 14.3 Å². The summed E-state index contributed by atoms with van der Waals surface area (Å²) in [6.45, 7) is 6.11. The first-order valence-electron chi connectivity index (χ1n) is 9.01. The van der Waals surface area contributed by atoms with Crippen LogP contribution in [0.1, 0.15) is 24.2 Å². The molecule has 1 fully saturated rings. The van der Waals surface area contributed by atoms with Gasteiger partial charge in [0.2, 0.25) is 0 Å². The predicted molar refractivity (Wildman–Crippen MR) is 107 cm³/mol. The van der Waals surface area contributed by atoms with E-state index in [-0.39, 0.29) is 11.7 Å². The Hall–Kier alpha value is -2.53. The molecule has 5 nitrogen and oxygen atoms in total. The van der Waals surface area contributed by atoms with E-state index in [1.165, 1.54) is 0 Å². The second-order valence-electron chi connectivity index (χ2n) is 6.63. The standard InChI is InChI=1S/C21H23ClN2O3/c1-15(25)17-3-7-19(8-4-17)23-11-13-24(14-12-23)21(26)16(2)27-20-9-5-18(22)6-10-20/h3-10,16H,11-14H2,1-2H3/t16-/m1/s1. The maximum Gasteiger partial charge on any atom is 0.263 e. The zero-order valence-electron chi connectivity index (χ0n) is 15.5. The Kier molecular flexibility index (Phi) is 6.01. The van der Waals surface area contributed by atoms with Gasteiger partial charge < -0.3 is 14.5 Å². The van der Waals surface area contributed by atoms with E-state index in [4.69, 9.17) is 16.3 Å². The van der Waals surface area contributed by atoms with Crippen LogP contribution in [-0.2, 0) is 4.79 Å². The quantitative estimate of drug-likeness (QED) is 0.736. The van der Waals surface area contributed by atoms with Crippen LogP contribution in [0.2, 0.25) is 5.02 Å². The largest absolute Gasteiger partial charge is 0.481 e. The summed E-state index contributed by atoms with van der Waals surface area (Å²) in [6, 6.07) is 14.6. The van der Waals surface area contributed by atoms with Crippen LogP contribution in [0.5, 0.6) is 5.75 Å². The van der Waals surface area contributed by atoms with Gasteiger partial charge in [-0.25, -0.2) is 0 Å². The van der Waals surface area contributed by atoms with E-state index in [0.717, 1.165) is 18.8 Å². The van der Waals surface area contributed by atoms with Gasteiger partial charge in [-0.15, -0.1) is 0 Å². The van der Waals surface area contributed by atoms with E-state index in [1.54, 1.807) is 38.1 Å². The Morgan fingerprint density at radius 3 is 2.11 bits per heavy atom. The number of hydrogen-bond donors (Lipinski definition) is 0. The van der Waals surface area contributed by atoms with Crippen molar-refractivity contribution in [3.63, 3.8) is 0 Å². The van der Waals surface area contributed by atoms with Crippen LogP contribution in [-0.4, -0.2) is 48.9 Å². The molecular formula is C21H23ClN2O3. The third-order valence-electron chi connectivity index (χ3n) is 4.70. The van der Waals surface area contributed by atoms with E-state index in [1.807, 2.05) is 29.2 Å². The maximum atomic E-state index is 12.7. The van der Waals surface area contributed by atoms with Crippen LogP contribution in [0.25, 0.3) is 0 Å². The number of halogens is 1. The number of rotatable bonds is 5. The summed E-state index contributed by atoms with van der Waals surface area (Å²) in [6.07, 6.45) is -0.549. The van der Waals surface area contributed by atoms with Crippen LogP contribution in [0.4, 0.5) is 5.69 Å². The summed E-state index contributed by atoms with van der Waals surface area (Å²) in [5, 5.41) is 0.633. The van der Waals surface area contributed by atoms with E-state index >= 15 is 0 Å². The molecule has 2 aromatic rings. The SMILES string of the molecule is CC(=O)c1ccc(N2CCN(C(=O)[C@@H](C)Oc3ccc(Cl)cc3)CC2)cc1. The smallest absolute Gasteiger partial charge is 0.263 e. The molecule has 1 atom stereocenters. The van der Waals surface area contributed by atoms with Gasteiger partial charge in [-0.3, -0.25) is 9.59 Å². The van der Waals surface area contributed by atoms with Gasteiger partial charge in [-0.05, 0) is 62.4 Å². The Labute approximate surface area is 164 Å². The summed E-state index contributed by atoms with van der Waals surface area (Å²) >= 11 is 5.87. The molecule has 142 valence electrons. The monoisotopic (exact) mass is 386 g/mol. The molecule has 1 amide bonds. The van der Waals surface area contributed by atoms with Gasteiger partial charge in [-0.1, -0.05) is 11.6 Å². The van der Waals surface area contributed by atoms with Crippen molar-refractivity contribution in [2.75, 3.05) is 31.1 Å². The molecule has 1 aliphatic rings. The number of amides is 1. The number of hydrogen-bond acceptors (Lipinski definition) is 4. The minimum absolute atomic E-state index is 0.0171. The lowest BCUT2D eigenvalue weighted by molar-refractivity contribution is -0.138. The molecule has 27 heavy (non-hydrogen) atoms. The van der Waals surface area contributed by atoms with Crippen molar-refractivity contribution in [2.24, 2.45) is 0 Å². The molecule has 1 aliphatic heterocycles. The first kappa shape index (κ1) is 19.2. The second-order valence-corrected chi connectivity index (χ2v) is 7.07. The first-order valence-corrected chi connectivity index (χ1v) is 9.39. The average Bonchev–Trinajstić information content (AvgIpc) is 2.69. The first-order chi connectivity index (χ1) is 12.9. The van der Waals surface area contributed by atoms with Gasteiger partial charge in [0.05, 0.1) is 0 Å². The fourth-order valence-electron chi connectivity index (χ4n) is 3.12. The van der Waals surface area contributed by atoms with Crippen molar-refractivity contribution in [1.29, 1.82) is 0 Å². The Morgan fingerprint density at radius 2 is 1.56 bits per heavy atom. The summed E-state index contributed by atoms with van der Waals surface area (Å²) in [7, 11) is 0. The minimum atomic E-state index is -0.549. The van der Waals surface area contributed by atoms with Gasteiger partial charge in [0, 0.05) is 42.5 Å². The molecule has 3 rings (SSSR count). The third-order valence-corrected chi connectivity index (χ3v) is 4.96. The number of ketones is 1. The fourth-order valence-corrected chi connectivity index (χ4v) is 3.24. The highest BCUT2D eigenvalue weighted by atomic mass is 35.5. The van der Waals surface area contributed by atoms with Crippen molar-refractivity contribution in [3.8, 4) is 5.75 Å². The number of carbonyl (C=O) groups is 2. The van der Waals surface area contributed by atoms with E-state index in [0.29, 0.717) is 29.4 Å². The Bertz CT molecular complexity index is 797. The molecule has 1 saturated heterocycles. The Balaban J connectivity index is 1.54. The van der Waals surface area contributed by atoms with Crippen molar-refractivity contribution in [1.82, 2.24) is 4.90 Å². The van der Waals surface area contributed by atoms with Crippen molar-refractivity contribution in [2.45, 2.75) is 20.0 Å². The molecule has 1 heterocycles. The van der Waals surface area contributed by atoms with Crippen molar-refractivity contribution in [3.05, 3.63) is 59.1 Å². The normalized spacial score (nSPS) is 15.4. The lowest BCUT2D eigenvalue weighted by Crippen LogP contribution is -2.52. The van der Waals surface area contributed by atoms with Crippen LogP contribution in [0.15, 0.2) is 48.5 Å². The number of Topliss-reactive ketones (excluding diaryl/α,β-unsaturated/α-hetero) is 1. The number of piperazine rings is 1. The summed E-state index contributed by atoms with van der Waals surface area (Å²) in [5.74, 6) is 0.674. The average molecular weight is 387 g/mol. The zero-order valence-corrected chi connectivity index (χ0v) is 16.3. The van der Waals surface area contributed by atoms with Crippen molar-refractivity contribution >= 4 is 29.0 Å². The van der Waals surface area contributed by atoms with Crippen LogP contribution < -0.4 is 9.64 Å². The van der Waals surface area contributed by atoms with E-state index in [9.17, 15) is 9.59 Å². The molecule has 0 N–H and O–H groups in total. The van der Waals surface area contributed by atoms with Gasteiger partial charge in [0.1, 0.15) is 5.75 Å². The molecule has 2 aromatic carbocycles. The lowest BCUT2D eigenvalue weighted by Gasteiger charge is -2.37. The molecule has 0 radical (unpaired) electrons. The summed E-state index contributed by atoms with van der Waals surface area (Å²) < 4.78 is 5.74. The van der Waals surface area contributed by atoms with Crippen LogP contribution >= 0.6 is 11.6 Å². The highest BCUT2D eigenvalue weighted by molar-refractivity contribution is 6.30. The molecule has 0 aliphatic carbocycles. The second kappa shape index (κ2) is 8.44. The third kappa shape index (κ3) is 4.80. The van der Waals surface area contributed by atoms with Crippen LogP contribution in [0, 0.1) is 0 Å². The Morgan fingerprint density at radius 1 is 0.963 bits per heavy atom. The van der Waals surface area contributed by atoms with Gasteiger partial charge in [0.15, 0.2) is 11.9 Å². The molecular weight excluding hydrogens is 364 g/mol. The van der Waals surface area contributed by atoms with Gasteiger partial charge in [-0.2, -0.15) is 0 Å². The highest BCUT2D eigenvalue weighted by Gasteiger charge is 2.26. The molecule has 0 aromatic heterocycles. The topological polar surface area (TPSA) is 49.9 Å². The number of carbonyl (C=O) groups excluding carboxylic acids is 2. The molecule has 0 spiro atoms. The number of ether oxygens (including phenoxy) is 1. The van der Waals surface area contributed by atoms with Gasteiger partial charge >= 0.3 is 0 Å². The van der Waals surface area contributed by atoms with Crippen LogP contribution in [0.3, 0.4) is 0 Å². The number of benzene rings is 2. The molecule has 0 unspecified atom stereocenters. The zero-order chi connectivity index (χ0) is 19.4. The fraction of sp³-hybridized carbons (Fsp3) is 0.333. The number of nitrogens with zero attached hydrogens (tertiary/aromatic N) is 2. The lowest BCUT2D eigenvalue weighted by atomic mass is 10.1. The molecule has 0 saturated carbocycles. The van der Waals surface area contributed by atoms with E-state index in [2.05, 4.69) is 4.90 Å². The maximum absolute atomic E-state index is 12.7. The predicted octanol–water partition coefficient (Wildman–Crippen LogP) is 3.66. The van der Waals surface area contributed by atoms with E-state index < -0.39 is 6.10 Å². The molecule has 0 bridgehead atoms. The molecule has 6 heteroatoms. The highest BCUT2D eigenvalue weighted by Crippen LogP contribution is 2.20. The van der Waals surface area contributed by atoms with Gasteiger partial charge in [0.25, 0.3) is 5.91 Å². The summed E-state index contributed by atoms with van der Waals surface area (Å²) in [5.41, 5.74) is 1.78.